The van der Waals surface area contributed by atoms with Crippen LogP contribution < -0.4 is 5.32 Å². The molecule has 5 rings (SSSR count). The van der Waals surface area contributed by atoms with Gasteiger partial charge in [0.25, 0.3) is 0 Å². The Kier molecular flexibility index (Phi) is 5.38. The van der Waals surface area contributed by atoms with Crippen LogP contribution in [0.5, 0.6) is 0 Å². The van der Waals surface area contributed by atoms with Crippen molar-refractivity contribution in [3.05, 3.63) is 82.3 Å². The van der Waals surface area contributed by atoms with Gasteiger partial charge in [0.2, 0.25) is 0 Å². The van der Waals surface area contributed by atoms with Crippen molar-refractivity contribution in [3.8, 4) is 0 Å². The number of rotatable bonds is 3. The van der Waals surface area contributed by atoms with Crippen molar-refractivity contribution >= 4 is 32.7 Å². The molecule has 0 amide bonds. The molecular weight excluding hydrogens is 438 g/mol. The molecule has 0 radical (unpaired) electrons. The molecule has 154 valence electrons. The van der Waals surface area contributed by atoms with Crippen LogP contribution in [-0.4, -0.2) is 19.1 Å². The van der Waals surface area contributed by atoms with Gasteiger partial charge in [0, 0.05) is 16.4 Å². The topological polar surface area (TPSA) is 38.3 Å². The first-order valence-electron chi connectivity index (χ1n) is 10.7. The SMILES string of the molecule is COC(=O)C1NC(c2ccc3ccccc3c2)C2CCCC2C1c1ccc(Br)cc1. The summed E-state index contributed by atoms with van der Waals surface area (Å²) in [6.45, 7) is 0. The van der Waals surface area contributed by atoms with Gasteiger partial charge >= 0.3 is 5.97 Å². The Morgan fingerprint density at radius 1 is 0.933 bits per heavy atom. The van der Waals surface area contributed by atoms with E-state index in [1.165, 1.54) is 41.9 Å². The highest BCUT2D eigenvalue weighted by atomic mass is 79.9. The maximum Gasteiger partial charge on any atom is 0.323 e. The molecule has 1 heterocycles. The molecule has 3 nitrogen and oxygen atoms in total. The van der Waals surface area contributed by atoms with Crippen LogP contribution >= 0.6 is 15.9 Å². The van der Waals surface area contributed by atoms with Gasteiger partial charge in [0.15, 0.2) is 0 Å². The number of hydrogen-bond donors (Lipinski definition) is 1. The van der Waals surface area contributed by atoms with Crippen LogP contribution in [0.3, 0.4) is 0 Å². The van der Waals surface area contributed by atoms with Crippen LogP contribution in [0.15, 0.2) is 71.2 Å². The number of halogens is 1. The highest BCUT2D eigenvalue weighted by Gasteiger charge is 2.50. The molecule has 1 N–H and O–H groups in total. The lowest BCUT2D eigenvalue weighted by molar-refractivity contribution is -0.146. The largest absolute Gasteiger partial charge is 0.468 e. The first-order chi connectivity index (χ1) is 14.7. The summed E-state index contributed by atoms with van der Waals surface area (Å²) in [5.74, 6) is 0.947. The Bertz CT molecular complexity index is 1060. The van der Waals surface area contributed by atoms with Gasteiger partial charge in [-0.3, -0.25) is 10.1 Å². The number of nitrogens with one attached hydrogen (secondary N) is 1. The molecule has 1 aliphatic heterocycles. The Morgan fingerprint density at radius 2 is 1.63 bits per heavy atom. The second-order valence-corrected chi connectivity index (χ2v) is 9.50. The molecule has 1 aliphatic carbocycles. The van der Waals surface area contributed by atoms with Gasteiger partial charge < -0.3 is 4.74 Å². The summed E-state index contributed by atoms with van der Waals surface area (Å²) in [6.07, 6.45) is 3.56. The molecule has 2 fully saturated rings. The van der Waals surface area contributed by atoms with Gasteiger partial charge in [0.1, 0.15) is 6.04 Å². The second kappa shape index (κ2) is 8.16. The third-order valence-electron chi connectivity index (χ3n) is 7.08. The molecule has 3 aromatic rings. The van der Waals surface area contributed by atoms with Gasteiger partial charge in [-0.05, 0) is 64.8 Å². The van der Waals surface area contributed by atoms with E-state index in [0.717, 1.165) is 10.9 Å². The number of carbonyl (C=O) groups excluding carboxylic acids is 1. The minimum atomic E-state index is -0.341. The molecule has 30 heavy (non-hydrogen) atoms. The van der Waals surface area contributed by atoms with E-state index >= 15 is 0 Å². The average Bonchev–Trinajstić information content (AvgIpc) is 3.27. The van der Waals surface area contributed by atoms with Crippen LogP contribution in [0.25, 0.3) is 10.8 Å². The second-order valence-electron chi connectivity index (χ2n) is 8.59. The van der Waals surface area contributed by atoms with Crippen molar-refractivity contribution < 1.29 is 9.53 Å². The fraction of sp³-hybridized carbons (Fsp3) is 0.346. The Balaban J connectivity index is 1.56. The molecule has 1 saturated heterocycles. The highest BCUT2D eigenvalue weighted by Crippen LogP contribution is 2.52. The number of piperidine rings is 1. The number of ether oxygens (including phenoxy) is 1. The maximum absolute atomic E-state index is 12.9. The molecule has 0 spiro atoms. The summed E-state index contributed by atoms with van der Waals surface area (Å²) >= 11 is 3.54. The number of benzene rings is 3. The number of carbonyl (C=O) groups is 1. The molecule has 1 saturated carbocycles. The number of methoxy groups -OCH3 is 1. The van der Waals surface area contributed by atoms with Crippen molar-refractivity contribution in [2.75, 3.05) is 7.11 Å². The van der Waals surface area contributed by atoms with Crippen molar-refractivity contribution in [1.82, 2.24) is 5.32 Å². The van der Waals surface area contributed by atoms with Crippen LogP contribution in [-0.2, 0) is 9.53 Å². The fourth-order valence-electron chi connectivity index (χ4n) is 5.76. The number of esters is 1. The van der Waals surface area contributed by atoms with E-state index in [1.807, 2.05) is 0 Å². The molecule has 3 aromatic carbocycles. The van der Waals surface area contributed by atoms with Crippen LogP contribution in [0.2, 0.25) is 0 Å². The zero-order valence-corrected chi connectivity index (χ0v) is 18.6. The lowest BCUT2D eigenvalue weighted by Crippen LogP contribution is -2.54. The molecule has 5 atom stereocenters. The minimum Gasteiger partial charge on any atom is -0.468 e. The van der Waals surface area contributed by atoms with Gasteiger partial charge in [-0.1, -0.05) is 70.9 Å². The maximum atomic E-state index is 12.9. The summed E-state index contributed by atoms with van der Waals surface area (Å²) in [6, 6.07) is 23.4. The van der Waals surface area contributed by atoms with Gasteiger partial charge in [0.05, 0.1) is 7.11 Å². The molecule has 0 bridgehead atoms. The van der Waals surface area contributed by atoms with Crippen LogP contribution in [0.4, 0.5) is 0 Å². The van der Waals surface area contributed by atoms with Crippen molar-refractivity contribution in [2.24, 2.45) is 11.8 Å². The van der Waals surface area contributed by atoms with E-state index in [-0.39, 0.29) is 24.0 Å². The minimum absolute atomic E-state index is 0.134. The first-order valence-corrected chi connectivity index (χ1v) is 11.5. The summed E-state index contributed by atoms with van der Waals surface area (Å²) in [5.41, 5.74) is 2.49. The van der Waals surface area contributed by atoms with Crippen molar-refractivity contribution in [1.29, 1.82) is 0 Å². The average molecular weight is 464 g/mol. The molecule has 0 aromatic heterocycles. The van der Waals surface area contributed by atoms with E-state index in [0.29, 0.717) is 11.8 Å². The van der Waals surface area contributed by atoms with Gasteiger partial charge in [-0.2, -0.15) is 0 Å². The monoisotopic (exact) mass is 463 g/mol. The number of hydrogen-bond acceptors (Lipinski definition) is 3. The summed E-state index contributed by atoms with van der Waals surface area (Å²) in [5, 5.41) is 6.23. The fourth-order valence-corrected chi connectivity index (χ4v) is 6.02. The Labute approximate surface area is 186 Å². The zero-order chi connectivity index (χ0) is 20.7. The molecule has 2 aliphatic rings. The highest BCUT2D eigenvalue weighted by molar-refractivity contribution is 9.10. The van der Waals surface area contributed by atoms with E-state index in [1.54, 1.807) is 0 Å². The van der Waals surface area contributed by atoms with Crippen molar-refractivity contribution in [2.45, 2.75) is 37.3 Å². The molecule has 5 unspecified atom stereocenters. The van der Waals surface area contributed by atoms with Crippen LogP contribution in [0.1, 0.15) is 42.3 Å². The Hall–Kier alpha value is -2.17. The lowest BCUT2D eigenvalue weighted by atomic mass is 9.68. The zero-order valence-electron chi connectivity index (χ0n) is 17.1. The quantitative estimate of drug-likeness (QED) is 0.484. The summed E-state index contributed by atoms with van der Waals surface area (Å²) in [4.78, 5) is 12.9. The normalized spacial score (nSPS) is 28.3. The van der Waals surface area contributed by atoms with Crippen molar-refractivity contribution in [3.63, 3.8) is 0 Å². The Morgan fingerprint density at radius 3 is 2.40 bits per heavy atom. The predicted molar refractivity (Wildman–Crippen MR) is 123 cm³/mol. The first kappa shape index (κ1) is 19.8. The molecule has 4 heteroatoms. The van der Waals surface area contributed by atoms with E-state index in [9.17, 15) is 4.79 Å². The smallest absolute Gasteiger partial charge is 0.323 e. The van der Waals surface area contributed by atoms with Gasteiger partial charge in [-0.15, -0.1) is 0 Å². The number of fused-ring (bicyclic) bond motifs is 2. The predicted octanol–water partition coefficient (Wildman–Crippen LogP) is 5.99. The van der Waals surface area contributed by atoms with E-state index < -0.39 is 0 Å². The molecular formula is C26H26BrNO2. The third kappa shape index (κ3) is 3.46. The summed E-state index contributed by atoms with van der Waals surface area (Å²) < 4.78 is 6.31. The van der Waals surface area contributed by atoms with Crippen LogP contribution in [0, 0.1) is 11.8 Å². The third-order valence-corrected chi connectivity index (χ3v) is 7.60. The van der Waals surface area contributed by atoms with E-state index in [2.05, 4.69) is 88.0 Å². The standard InChI is InChI=1S/C26H26BrNO2/c1-30-26(29)25-23(17-11-13-20(27)14-12-17)21-7-4-8-22(21)24(28-25)19-10-9-16-5-2-3-6-18(16)15-19/h2-3,5-6,9-15,21-25,28H,4,7-8H2,1H3. The van der Waals surface area contributed by atoms with E-state index in [4.69, 9.17) is 4.74 Å². The summed E-state index contributed by atoms with van der Waals surface area (Å²) in [7, 11) is 1.49. The van der Waals surface area contributed by atoms with Gasteiger partial charge in [-0.25, -0.2) is 0 Å². The lowest BCUT2D eigenvalue weighted by Gasteiger charge is -2.45.